The maximum absolute atomic E-state index is 12.1. The van der Waals surface area contributed by atoms with E-state index < -0.39 is 17.2 Å². The molecule has 7 heteroatoms. The summed E-state index contributed by atoms with van der Waals surface area (Å²) in [6, 6.07) is 5.97. The molecule has 0 unspecified atom stereocenters. The minimum Gasteiger partial charge on any atom is -0.507 e. The highest BCUT2D eigenvalue weighted by atomic mass is 16.3. The molecule has 0 spiro atoms. The highest BCUT2D eigenvalue weighted by Gasteiger charge is 2.50. The van der Waals surface area contributed by atoms with Crippen LogP contribution in [0.3, 0.4) is 0 Å². The summed E-state index contributed by atoms with van der Waals surface area (Å²) < 4.78 is 0. The third kappa shape index (κ3) is 2.67. The molecule has 7 nitrogen and oxygen atoms in total. The van der Waals surface area contributed by atoms with Crippen molar-refractivity contribution in [3.05, 3.63) is 29.8 Å². The van der Waals surface area contributed by atoms with Crippen LogP contribution in [0.4, 0.5) is 0 Å². The molecule has 0 atom stereocenters. The zero-order valence-corrected chi connectivity index (χ0v) is 11.6. The number of nitrogens with one attached hydrogen (secondary N) is 3. The molecule has 1 fully saturated rings. The highest BCUT2D eigenvalue weighted by Crippen LogP contribution is 2.41. The third-order valence-corrected chi connectivity index (χ3v) is 3.74. The van der Waals surface area contributed by atoms with Crippen LogP contribution < -0.4 is 16.2 Å². The van der Waals surface area contributed by atoms with Gasteiger partial charge in [-0.3, -0.25) is 25.2 Å². The first-order valence-electron chi connectivity index (χ1n) is 6.62. The van der Waals surface area contributed by atoms with E-state index in [9.17, 15) is 19.5 Å². The van der Waals surface area contributed by atoms with Crippen LogP contribution in [0, 0.1) is 5.41 Å². The lowest BCUT2D eigenvalue weighted by Crippen LogP contribution is -2.58. The summed E-state index contributed by atoms with van der Waals surface area (Å²) in [5.74, 6) is -1.73. The third-order valence-electron chi connectivity index (χ3n) is 3.74. The average Bonchev–Trinajstić information content (AvgIpc) is 2.43. The second-order valence-corrected chi connectivity index (χ2v) is 4.94. The lowest BCUT2D eigenvalue weighted by Gasteiger charge is -2.37. The largest absolute Gasteiger partial charge is 0.507 e. The summed E-state index contributed by atoms with van der Waals surface area (Å²) in [6.45, 7) is 0. The monoisotopic (exact) mass is 291 g/mol. The van der Waals surface area contributed by atoms with Crippen molar-refractivity contribution in [1.82, 2.24) is 16.2 Å². The lowest BCUT2D eigenvalue weighted by atomic mass is 9.67. The van der Waals surface area contributed by atoms with E-state index in [4.69, 9.17) is 0 Å². The summed E-state index contributed by atoms with van der Waals surface area (Å²) in [5.41, 5.74) is 3.40. The maximum Gasteiger partial charge on any atom is 0.273 e. The summed E-state index contributed by atoms with van der Waals surface area (Å²) in [5, 5.41) is 12.0. The number of amides is 3. The first-order chi connectivity index (χ1) is 10.0. The summed E-state index contributed by atoms with van der Waals surface area (Å²) in [7, 11) is 1.47. The van der Waals surface area contributed by atoms with Crippen molar-refractivity contribution in [2.24, 2.45) is 5.41 Å². The van der Waals surface area contributed by atoms with Crippen LogP contribution in [-0.4, -0.2) is 29.9 Å². The van der Waals surface area contributed by atoms with Gasteiger partial charge < -0.3 is 10.4 Å². The molecule has 21 heavy (non-hydrogen) atoms. The Labute approximate surface area is 121 Å². The van der Waals surface area contributed by atoms with Crippen LogP contribution in [0.1, 0.15) is 29.6 Å². The first-order valence-corrected chi connectivity index (χ1v) is 6.62. The number of hydrogen-bond acceptors (Lipinski definition) is 4. The Balaban J connectivity index is 2.00. The SMILES string of the molecule is CNC(=O)C1(C(=O)NNC(=O)c2ccccc2O)CCC1. The van der Waals surface area contributed by atoms with E-state index in [-0.39, 0.29) is 17.2 Å². The van der Waals surface area contributed by atoms with Gasteiger partial charge in [0.15, 0.2) is 0 Å². The van der Waals surface area contributed by atoms with E-state index in [0.717, 1.165) is 6.42 Å². The molecule has 1 aliphatic carbocycles. The number of carbonyl (C=O) groups excluding carboxylic acids is 3. The van der Waals surface area contributed by atoms with E-state index >= 15 is 0 Å². The molecule has 1 aromatic rings. The summed E-state index contributed by atoms with van der Waals surface area (Å²) in [4.78, 5) is 35.8. The Bertz CT molecular complexity index is 581. The second-order valence-electron chi connectivity index (χ2n) is 4.94. The molecule has 0 aliphatic heterocycles. The van der Waals surface area contributed by atoms with Gasteiger partial charge in [-0.1, -0.05) is 18.6 Å². The molecule has 3 amide bonds. The molecule has 2 rings (SSSR count). The number of para-hydroxylation sites is 1. The van der Waals surface area contributed by atoms with Gasteiger partial charge in [0.1, 0.15) is 11.2 Å². The van der Waals surface area contributed by atoms with Crippen molar-refractivity contribution < 1.29 is 19.5 Å². The molecule has 1 saturated carbocycles. The zero-order chi connectivity index (χ0) is 15.5. The van der Waals surface area contributed by atoms with E-state index in [1.165, 1.54) is 19.2 Å². The van der Waals surface area contributed by atoms with Gasteiger partial charge in [0.25, 0.3) is 11.8 Å². The number of carbonyl (C=O) groups is 3. The molecule has 0 bridgehead atoms. The number of hydrogen-bond donors (Lipinski definition) is 4. The first kappa shape index (κ1) is 14.8. The quantitative estimate of drug-likeness (QED) is 0.467. The normalized spacial score (nSPS) is 15.5. The lowest BCUT2D eigenvalue weighted by molar-refractivity contribution is -0.149. The van der Waals surface area contributed by atoms with E-state index in [1.54, 1.807) is 12.1 Å². The predicted molar refractivity (Wildman–Crippen MR) is 74.1 cm³/mol. The van der Waals surface area contributed by atoms with Gasteiger partial charge in [-0.05, 0) is 25.0 Å². The van der Waals surface area contributed by atoms with Crippen molar-refractivity contribution in [3.8, 4) is 5.75 Å². The van der Waals surface area contributed by atoms with Crippen LogP contribution in [0.15, 0.2) is 24.3 Å². The molecule has 0 saturated heterocycles. The number of rotatable bonds is 3. The number of aromatic hydroxyl groups is 1. The zero-order valence-electron chi connectivity index (χ0n) is 11.6. The van der Waals surface area contributed by atoms with Gasteiger partial charge in [-0.25, -0.2) is 0 Å². The topological polar surface area (TPSA) is 108 Å². The fourth-order valence-corrected chi connectivity index (χ4v) is 2.29. The van der Waals surface area contributed by atoms with Gasteiger partial charge in [0.05, 0.1) is 5.56 Å². The van der Waals surface area contributed by atoms with Crippen molar-refractivity contribution in [3.63, 3.8) is 0 Å². The Morgan fingerprint density at radius 1 is 1.10 bits per heavy atom. The minimum absolute atomic E-state index is 0.0420. The van der Waals surface area contributed by atoms with Gasteiger partial charge in [0.2, 0.25) is 5.91 Å². The van der Waals surface area contributed by atoms with E-state index in [2.05, 4.69) is 16.2 Å². The Morgan fingerprint density at radius 2 is 1.76 bits per heavy atom. The van der Waals surface area contributed by atoms with Gasteiger partial charge in [-0.15, -0.1) is 0 Å². The highest BCUT2D eigenvalue weighted by molar-refractivity contribution is 6.07. The van der Waals surface area contributed by atoms with Crippen LogP contribution in [-0.2, 0) is 9.59 Å². The molecule has 1 aliphatic rings. The van der Waals surface area contributed by atoms with Crippen molar-refractivity contribution in [1.29, 1.82) is 0 Å². The van der Waals surface area contributed by atoms with E-state index in [0.29, 0.717) is 12.8 Å². The van der Waals surface area contributed by atoms with E-state index in [1.807, 2.05) is 0 Å². The minimum atomic E-state index is -1.11. The molecular formula is C14H17N3O4. The number of benzene rings is 1. The number of phenolic OH excluding ortho intramolecular Hbond substituents is 1. The maximum atomic E-state index is 12.1. The van der Waals surface area contributed by atoms with Gasteiger partial charge in [0, 0.05) is 7.05 Å². The molecule has 112 valence electrons. The molecule has 4 N–H and O–H groups in total. The Morgan fingerprint density at radius 3 is 2.29 bits per heavy atom. The fourth-order valence-electron chi connectivity index (χ4n) is 2.29. The van der Waals surface area contributed by atoms with Crippen LogP contribution in [0.25, 0.3) is 0 Å². The van der Waals surface area contributed by atoms with Gasteiger partial charge in [-0.2, -0.15) is 0 Å². The summed E-state index contributed by atoms with van der Waals surface area (Å²) in [6.07, 6.45) is 1.68. The predicted octanol–water partition coefficient (Wildman–Crippen LogP) is 0.0695. The second kappa shape index (κ2) is 5.82. The average molecular weight is 291 g/mol. The van der Waals surface area contributed by atoms with Crippen molar-refractivity contribution >= 4 is 17.7 Å². The molecular weight excluding hydrogens is 274 g/mol. The van der Waals surface area contributed by atoms with Crippen molar-refractivity contribution in [2.45, 2.75) is 19.3 Å². The summed E-state index contributed by atoms with van der Waals surface area (Å²) >= 11 is 0. The van der Waals surface area contributed by atoms with Crippen LogP contribution in [0.2, 0.25) is 0 Å². The van der Waals surface area contributed by atoms with Crippen LogP contribution in [0.5, 0.6) is 5.75 Å². The Kier molecular flexibility index (Phi) is 4.11. The molecule has 0 radical (unpaired) electrons. The van der Waals surface area contributed by atoms with Crippen molar-refractivity contribution in [2.75, 3.05) is 7.05 Å². The molecule has 1 aromatic carbocycles. The standard InChI is InChI=1S/C14H17N3O4/c1-15-12(20)14(7-4-8-14)13(21)17-16-11(19)9-5-2-3-6-10(9)18/h2-3,5-6,18H,4,7-8H2,1H3,(H,15,20)(H,16,19)(H,17,21). The fraction of sp³-hybridized carbons (Fsp3) is 0.357. The van der Waals surface area contributed by atoms with Crippen LogP contribution >= 0.6 is 0 Å². The number of hydrazine groups is 1. The smallest absolute Gasteiger partial charge is 0.273 e. The molecule has 0 aromatic heterocycles. The van der Waals surface area contributed by atoms with Gasteiger partial charge >= 0.3 is 0 Å². The molecule has 0 heterocycles. The number of phenols is 1. The Hall–Kier alpha value is -2.57.